The van der Waals surface area contributed by atoms with E-state index in [0.717, 1.165) is 12.3 Å². The lowest BCUT2D eigenvalue weighted by Gasteiger charge is -2.02. The minimum absolute atomic E-state index is 0. The molecule has 0 aromatic heterocycles. The molecule has 0 aliphatic rings. The number of para-hydroxylation sites is 1. The van der Waals surface area contributed by atoms with E-state index in [9.17, 15) is 0 Å². The molecule has 0 spiro atoms. The minimum atomic E-state index is 0. The summed E-state index contributed by atoms with van der Waals surface area (Å²) in [4.78, 5) is 5.11. The first kappa shape index (κ1) is 10.3. The molecule has 3 heteroatoms. The second-order valence-electron chi connectivity index (χ2n) is 1.91. The fourth-order valence-corrected chi connectivity index (χ4v) is 0.644. The van der Waals surface area contributed by atoms with Crippen molar-refractivity contribution in [2.75, 3.05) is 6.54 Å². The molecule has 2 nitrogen and oxygen atoms in total. The molecule has 62 valence electrons. The van der Waals surface area contributed by atoms with Crippen LogP contribution in [0.1, 0.15) is 6.92 Å². The minimum Gasteiger partial charge on any atom is -0.409 e. The van der Waals surface area contributed by atoms with Gasteiger partial charge in [0.2, 0.25) is 0 Å². The maximum Gasteiger partial charge on any atom is 0.147 e. The summed E-state index contributed by atoms with van der Waals surface area (Å²) in [5.74, 6) is 0.851. The van der Waals surface area contributed by atoms with Crippen molar-refractivity contribution in [1.82, 2.24) is 5.48 Å². The number of rotatable bonds is 3. The fraction of sp³-hybridized carbons (Fsp3) is 0.250. The number of halogens is 1. The van der Waals surface area contributed by atoms with Gasteiger partial charge in [0, 0.05) is 6.54 Å². The van der Waals surface area contributed by atoms with Gasteiger partial charge in [-0.05, 0) is 19.1 Å². The van der Waals surface area contributed by atoms with Crippen molar-refractivity contribution < 1.29 is 4.84 Å². The van der Waals surface area contributed by atoms with Gasteiger partial charge in [0.25, 0.3) is 0 Å². The first-order chi connectivity index (χ1) is 4.93. The molecule has 1 rings (SSSR count). The van der Waals surface area contributed by atoms with Crippen LogP contribution in [0.15, 0.2) is 30.3 Å². The van der Waals surface area contributed by atoms with Gasteiger partial charge in [-0.2, -0.15) is 5.48 Å². The summed E-state index contributed by atoms with van der Waals surface area (Å²) in [5.41, 5.74) is 2.76. The smallest absolute Gasteiger partial charge is 0.147 e. The summed E-state index contributed by atoms with van der Waals surface area (Å²) in [5, 5.41) is 0. The van der Waals surface area contributed by atoms with E-state index < -0.39 is 0 Å². The predicted molar refractivity (Wildman–Crippen MR) is 48.0 cm³/mol. The first-order valence-electron chi connectivity index (χ1n) is 3.38. The molecule has 1 aromatic rings. The Hall–Kier alpha value is -0.730. The number of hydroxylamine groups is 1. The zero-order chi connectivity index (χ0) is 7.23. The highest BCUT2D eigenvalue weighted by atomic mass is 35.5. The predicted octanol–water partition coefficient (Wildman–Crippen LogP) is 2.01. The number of hydrogen-bond donors (Lipinski definition) is 1. The molecule has 0 heterocycles. The van der Waals surface area contributed by atoms with Crippen LogP contribution in [0.25, 0.3) is 0 Å². The van der Waals surface area contributed by atoms with Gasteiger partial charge in [-0.3, -0.25) is 0 Å². The molecule has 0 bridgehead atoms. The largest absolute Gasteiger partial charge is 0.409 e. The topological polar surface area (TPSA) is 21.3 Å². The van der Waals surface area contributed by atoms with Crippen LogP contribution in [-0.2, 0) is 0 Å². The average molecular weight is 174 g/mol. The van der Waals surface area contributed by atoms with Crippen LogP contribution in [0.4, 0.5) is 0 Å². The fourth-order valence-electron chi connectivity index (χ4n) is 0.644. The van der Waals surface area contributed by atoms with Gasteiger partial charge in [-0.1, -0.05) is 18.2 Å². The molecule has 1 aromatic carbocycles. The molecule has 0 unspecified atom stereocenters. The van der Waals surface area contributed by atoms with Crippen molar-refractivity contribution in [2.24, 2.45) is 0 Å². The van der Waals surface area contributed by atoms with E-state index in [0.29, 0.717) is 0 Å². The van der Waals surface area contributed by atoms with E-state index in [2.05, 4.69) is 5.48 Å². The monoisotopic (exact) mass is 173 g/mol. The van der Waals surface area contributed by atoms with Crippen molar-refractivity contribution in [3.8, 4) is 5.75 Å². The summed E-state index contributed by atoms with van der Waals surface area (Å²) >= 11 is 0. The van der Waals surface area contributed by atoms with Gasteiger partial charge in [0.1, 0.15) is 5.75 Å². The zero-order valence-corrected chi connectivity index (χ0v) is 7.23. The number of nitrogens with one attached hydrogen (secondary N) is 1. The Morgan fingerprint density at radius 3 is 2.45 bits per heavy atom. The SMILES string of the molecule is CCNOc1ccccc1.Cl. The van der Waals surface area contributed by atoms with Gasteiger partial charge in [0.15, 0.2) is 0 Å². The average Bonchev–Trinajstić information content (AvgIpc) is 2.03. The van der Waals surface area contributed by atoms with Crippen LogP contribution in [0.2, 0.25) is 0 Å². The van der Waals surface area contributed by atoms with Gasteiger partial charge >= 0.3 is 0 Å². The van der Waals surface area contributed by atoms with Crippen molar-refractivity contribution in [3.63, 3.8) is 0 Å². The third-order valence-electron chi connectivity index (χ3n) is 1.08. The Morgan fingerprint density at radius 1 is 1.27 bits per heavy atom. The second-order valence-corrected chi connectivity index (χ2v) is 1.91. The normalized spacial score (nSPS) is 8.45. The van der Waals surface area contributed by atoms with Crippen molar-refractivity contribution in [3.05, 3.63) is 30.3 Å². The maximum absolute atomic E-state index is 5.11. The molecule has 0 saturated carbocycles. The van der Waals surface area contributed by atoms with E-state index in [1.807, 2.05) is 37.3 Å². The maximum atomic E-state index is 5.11. The first-order valence-corrected chi connectivity index (χ1v) is 3.38. The molecule has 0 saturated heterocycles. The van der Waals surface area contributed by atoms with Crippen molar-refractivity contribution in [1.29, 1.82) is 0 Å². The molecule has 0 radical (unpaired) electrons. The zero-order valence-electron chi connectivity index (χ0n) is 6.41. The van der Waals surface area contributed by atoms with E-state index >= 15 is 0 Å². The summed E-state index contributed by atoms with van der Waals surface area (Å²) in [7, 11) is 0. The second kappa shape index (κ2) is 6.01. The number of benzene rings is 1. The molecular formula is C8H12ClNO. The standard InChI is InChI=1S/C8H11NO.ClH/c1-2-9-10-8-6-4-3-5-7-8;/h3-7,9H,2H2,1H3;1H. The summed E-state index contributed by atoms with van der Waals surface area (Å²) in [6.45, 7) is 2.80. The van der Waals surface area contributed by atoms with E-state index in [-0.39, 0.29) is 12.4 Å². The van der Waals surface area contributed by atoms with Crippen molar-refractivity contribution in [2.45, 2.75) is 6.92 Å². The van der Waals surface area contributed by atoms with E-state index in [4.69, 9.17) is 4.84 Å². The molecule has 0 atom stereocenters. The van der Waals surface area contributed by atoms with Crippen LogP contribution >= 0.6 is 12.4 Å². The highest BCUT2D eigenvalue weighted by Gasteiger charge is 1.86. The molecule has 0 fully saturated rings. The molecule has 1 N–H and O–H groups in total. The Kier molecular flexibility index (Phi) is 5.61. The highest BCUT2D eigenvalue weighted by molar-refractivity contribution is 5.85. The van der Waals surface area contributed by atoms with Gasteiger partial charge in [0.05, 0.1) is 0 Å². The van der Waals surface area contributed by atoms with E-state index in [1.165, 1.54) is 0 Å². The Morgan fingerprint density at radius 2 is 1.91 bits per heavy atom. The lowest BCUT2D eigenvalue weighted by molar-refractivity contribution is 0.202. The Bertz CT molecular complexity index is 179. The molecule has 0 aliphatic heterocycles. The van der Waals surface area contributed by atoms with Gasteiger partial charge in [-0.15, -0.1) is 12.4 Å². The number of hydrogen-bond acceptors (Lipinski definition) is 2. The van der Waals surface area contributed by atoms with Crippen LogP contribution < -0.4 is 10.3 Å². The van der Waals surface area contributed by atoms with Gasteiger partial charge < -0.3 is 4.84 Å². The van der Waals surface area contributed by atoms with Crippen LogP contribution in [0, 0.1) is 0 Å². The summed E-state index contributed by atoms with van der Waals surface area (Å²) in [6, 6.07) is 9.64. The summed E-state index contributed by atoms with van der Waals surface area (Å²) in [6.07, 6.45) is 0. The van der Waals surface area contributed by atoms with Gasteiger partial charge in [-0.25, -0.2) is 0 Å². The Balaban J connectivity index is 0.000001000. The van der Waals surface area contributed by atoms with Crippen molar-refractivity contribution >= 4 is 12.4 Å². The molecular weight excluding hydrogens is 162 g/mol. The quantitative estimate of drug-likeness (QED) is 0.707. The molecule has 0 aliphatic carbocycles. The lowest BCUT2D eigenvalue weighted by atomic mass is 10.3. The molecule has 11 heavy (non-hydrogen) atoms. The molecule has 0 amide bonds. The third kappa shape index (κ3) is 3.86. The van der Waals surface area contributed by atoms with Crippen LogP contribution in [0.5, 0.6) is 5.75 Å². The third-order valence-corrected chi connectivity index (χ3v) is 1.08. The van der Waals surface area contributed by atoms with Crippen LogP contribution in [-0.4, -0.2) is 6.54 Å². The summed E-state index contributed by atoms with van der Waals surface area (Å²) < 4.78 is 0. The Labute approximate surface area is 72.9 Å². The van der Waals surface area contributed by atoms with Crippen LogP contribution in [0.3, 0.4) is 0 Å². The van der Waals surface area contributed by atoms with E-state index in [1.54, 1.807) is 0 Å². The highest BCUT2D eigenvalue weighted by Crippen LogP contribution is 2.05. The lowest BCUT2D eigenvalue weighted by Crippen LogP contribution is -2.16.